The maximum atomic E-state index is 12.2. The molecule has 0 spiro atoms. The number of nitrogens with zero attached hydrogens (tertiary/aromatic N) is 1. The second-order valence-electron chi connectivity index (χ2n) is 4.83. The minimum atomic E-state index is 0.0640. The second-order valence-corrected chi connectivity index (χ2v) is 4.83. The van der Waals surface area contributed by atoms with Gasteiger partial charge in [0, 0.05) is 18.7 Å². The van der Waals surface area contributed by atoms with Gasteiger partial charge >= 0.3 is 0 Å². The van der Waals surface area contributed by atoms with Gasteiger partial charge in [-0.05, 0) is 37.5 Å². The van der Waals surface area contributed by atoms with Crippen molar-refractivity contribution in [1.29, 1.82) is 0 Å². The number of anilines is 1. The van der Waals surface area contributed by atoms with Crippen molar-refractivity contribution in [1.82, 2.24) is 4.90 Å². The molecule has 1 fully saturated rings. The molecule has 2 rings (SSSR count). The van der Waals surface area contributed by atoms with Crippen molar-refractivity contribution in [3.8, 4) is 5.75 Å². The zero-order valence-corrected chi connectivity index (χ0v) is 11.0. The fourth-order valence-corrected chi connectivity index (χ4v) is 2.27. The molecule has 1 aliphatic heterocycles. The standard InChI is InChI=1S/C14H20N2O2/c1-3-18-13-5-4-11(8-12(13)15)14(17)16-7-6-10(2)9-16/h4-5,8,10H,3,6-7,9,15H2,1-2H3. The lowest BCUT2D eigenvalue weighted by Crippen LogP contribution is -2.28. The number of likely N-dealkylation sites (tertiary alicyclic amines) is 1. The van der Waals surface area contributed by atoms with Gasteiger partial charge in [0.05, 0.1) is 12.3 Å². The van der Waals surface area contributed by atoms with Gasteiger partial charge < -0.3 is 15.4 Å². The van der Waals surface area contributed by atoms with Crippen molar-refractivity contribution in [3.63, 3.8) is 0 Å². The first-order valence-electron chi connectivity index (χ1n) is 6.43. The Morgan fingerprint density at radius 2 is 2.33 bits per heavy atom. The molecule has 1 aromatic carbocycles. The number of ether oxygens (including phenoxy) is 1. The Balaban J connectivity index is 2.13. The molecule has 1 atom stereocenters. The van der Waals surface area contributed by atoms with Crippen LogP contribution in [0.4, 0.5) is 5.69 Å². The van der Waals surface area contributed by atoms with Crippen molar-refractivity contribution in [2.45, 2.75) is 20.3 Å². The molecular weight excluding hydrogens is 228 g/mol. The van der Waals surface area contributed by atoms with Gasteiger partial charge in [-0.15, -0.1) is 0 Å². The molecule has 98 valence electrons. The van der Waals surface area contributed by atoms with Crippen LogP contribution in [0.2, 0.25) is 0 Å². The van der Waals surface area contributed by atoms with Crippen molar-refractivity contribution in [3.05, 3.63) is 23.8 Å². The average Bonchev–Trinajstić information content (AvgIpc) is 2.78. The maximum absolute atomic E-state index is 12.2. The van der Waals surface area contributed by atoms with Crippen LogP contribution in [-0.4, -0.2) is 30.5 Å². The predicted molar refractivity (Wildman–Crippen MR) is 71.7 cm³/mol. The molecule has 2 N–H and O–H groups in total. The number of nitrogens with two attached hydrogens (primary N) is 1. The number of hydrogen-bond donors (Lipinski definition) is 1. The van der Waals surface area contributed by atoms with Crippen LogP contribution in [0.15, 0.2) is 18.2 Å². The highest BCUT2D eigenvalue weighted by atomic mass is 16.5. The smallest absolute Gasteiger partial charge is 0.253 e. The Morgan fingerprint density at radius 1 is 1.56 bits per heavy atom. The molecule has 1 unspecified atom stereocenters. The molecule has 0 radical (unpaired) electrons. The van der Waals surface area contributed by atoms with E-state index in [1.165, 1.54) is 0 Å². The monoisotopic (exact) mass is 248 g/mol. The van der Waals surface area contributed by atoms with E-state index in [1.54, 1.807) is 18.2 Å². The van der Waals surface area contributed by atoms with Crippen LogP contribution in [0.3, 0.4) is 0 Å². The van der Waals surface area contributed by atoms with Gasteiger partial charge in [0.2, 0.25) is 0 Å². The van der Waals surface area contributed by atoms with Crippen molar-refractivity contribution >= 4 is 11.6 Å². The Labute approximate surface area is 108 Å². The summed E-state index contributed by atoms with van der Waals surface area (Å²) in [7, 11) is 0. The highest BCUT2D eigenvalue weighted by Crippen LogP contribution is 2.24. The third-order valence-corrected chi connectivity index (χ3v) is 3.27. The van der Waals surface area contributed by atoms with Crippen LogP contribution < -0.4 is 10.5 Å². The minimum absolute atomic E-state index is 0.0640. The summed E-state index contributed by atoms with van der Waals surface area (Å²) in [6.45, 7) is 6.32. The SMILES string of the molecule is CCOc1ccc(C(=O)N2CCC(C)C2)cc1N. The zero-order chi connectivity index (χ0) is 13.1. The van der Waals surface area contributed by atoms with E-state index >= 15 is 0 Å². The van der Waals surface area contributed by atoms with E-state index in [0.29, 0.717) is 29.5 Å². The van der Waals surface area contributed by atoms with E-state index in [0.717, 1.165) is 19.5 Å². The van der Waals surface area contributed by atoms with E-state index in [1.807, 2.05) is 11.8 Å². The molecule has 1 saturated heterocycles. The summed E-state index contributed by atoms with van der Waals surface area (Å²) in [5, 5.41) is 0. The van der Waals surface area contributed by atoms with Crippen molar-refractivity contribution in [2.24, 2.45) is 5.92 Å². The van der Waals surface area contributed by atoms with E-state index in [9.17, 15) is 4.79 Å². The molecule has 1 heterocycles. The molecule has 0 aliphatic carbocycles. The fraction of sp³-hybridized carbons (Fsp3) is 0.500. The summed E-state index contributed by atoms with van der Waals surface area (Å²) in [4.78, 5) is 14.1. The molecule has 0 aromatic heterocycles. The summed E-state index contributed by atoms with van der Waals surface area (Å²) in [6, 6.07) is 5.26. The van der Waals surface area contributed by atoms with Crippen LogP contribution in [0.25, 0.3) is 0 Å². The molecule has 0 saturated carbocycles. The second kappa shape index (κ2) is 5.29. The number of benzene rings is 1. The van der Waals surface area contributed by atoms with E-state index in [2.05, 4.69) is 6.92 Å². The molecule has 1 aromatic rings. The Kier molecular flexibility index (Phi) is 3.75. The summed E-state index contributed by atoms with van der Waals surface area (Å²) in [5.41, 5.74) is 7.04. The lowest BCUT2D eigenvalue weighted by Gasteiger charge is -2.16. The zero-order valence-electron chi connectivity index (χ0n) is 11.0. The molecular formula is C14H20N2O2. The molecule has 0 bridgehead atoms. The Morgan fingerprint density at radius 3 is 2.89 bits per heavy atom. The number of amides is 1. The fourth-order valence-electron chi connectivity index (χ4n) is 2.27. The van der Waals surface area contributed by atoms with Crippen LogP contribution >= 0.6 is 0 Å². The van der Waals surface area contributed by atoms with Gasteiger partial charge in [-0.25, -0.2) is 0 Å². The number of carbonyl (C=O) groups is 1. The summed E-state index contributed by atoms with van der Waals surface area (Å²) < 4.78 is 5.36. The Hall–Kier alpha value is -1.71. The van der Waals surface area contributed by atoms with Gasteiger partial charge in [-0.1, -0.05) is 6.92 Å². The first kappa shape index (κ1) is 12.7. The molecule has 4 nitrogen and oxygen atoms in total. The normalized spacial score (nSPS) is 19.0. The minimum Gasteiger partial charge on any atom is -0.492 e. The third kappa shape index (κ3) is 2.58. The first-order chi connectivity index (χ1) is 8.61. The maximum Gasteiger partial charge on any atom is 0.253 e. The molecule has 1 amide bonds. The number of rotatable bonds is 3. The van der Waals surface area contributed by atoms with E-state index in [-0.39, 0.29) is 5.91 Å². The number of carbonyl (C=O) groups excluding carboxylic acids is 1. The topological polar surface area (TPSA) is 55.6 Å². The summed E-state index contributed by atoms with van der Waals surface area (Å²) in [6.07, 6.45) is 1.08. The largest absolute Gasteiger partial charge is 0.492 e. The lowest BCUT2D eigenvalue weighted by atomic mass is 10.1. The number of hydrogen-bond acceptors (Lipinski definition) is 3. The lowest BCUT2D eigenvalue weighted by molar-refractivity contribution is 0.0788. The highest BCUT2D eigenvalue weighted by molar-refractivity contribution is 5.95. The van der Waals surface area contributed by atoms with Crippen LogP contribution in [0, 0.1) is 5.92 Å². The highest BCUT2D eigenvalue weighted by Gasteiger charge is 2.24. The van der Waals surface area contributed by atoms with Gasteiger partial charge in [-0.2, -0.15) is 0 Å². The molecule has 4 heteroatoms. The average molecular weight is 248 g/mol. The number of nitrogen functional groups attached to an aromatic ring is 1. The van der Waals surface area contributed by atoms with Crippen molar-refractivity contribution in [2.75, 3.05) is 25.4 Å². The molecule has 18 heavy (non-hydrogen) atoms. The predicted octanol–water partition coefficient (Wildman–Crippen LogP) is 2.15. The van der Waals surface area contributed by atoms with E-state index < -0.39 is 0 Å². The van der Waals surface area contributed by atoms with Crippen LogP contribution in [0.1, 0.15) is 30.6 Å². The van der Waals surface area contributed by atoms with Gasteiger partial charge in [0.25, 0.3) is 5.91 Å². The van der Waals surface area contributed by atoms with Gasteiger partial charge in [0.15, 0.2) is 0 Å². The summed E-state index contributed by atoms with van der Waals surface area (Å²) >= 11 is 0. The third-order valence-electron chi connectivity index (χ3n) is 3.27. The van der Waals surface area contributed by atoms with Gasteiger partial charge in [-0.3, -0.25) is 4.79 Å². The summed E-state index contributed by atoms with van der Waals surface area (Å²) in [5.74, 6) is 1.30. The van der Waals surface area contributed by atoms with Gasteiger partial charge in [0.1, 0.15) is 5.75 Å². The van der Waals surface area contributed by atoms with Crippen molar-refractivity contribution < 1.29 is 9.53 Å². The quantitative estimate of drug-likeness (QED) is 0.834. The van der Waals surface area contributed by atoms with Crippen LogP contribution in [-0.2, 0) is 0 Å². The first-order valence-corrected chi connectivity index (χ1v) is 6.43. The van der Waals surface area contributed by atoms with E-state index in [4.69, 9.17) is 10.5 Å². The van der Waals surface area contributed by atoms with Crippen LogP contribution in [0.5, 0.6) is 5.75 Å². The molecule has 1 aliphatic rings. The Bertz CT molecular complexity index is 445.